The van der Waals surface area contributed by atoms with Gasteiger partial charge in [-0.05, 0) is 70.8 Å². The van der Waals surface area contributed by atoms with Gasteiger partial charge in [0.05, 0.1) is 24.7 Å². The van der Waals surface area contributed by atoms with Gasteiger partial charge in [0.25, 0.3) is 0 Å². The highest BCUT2D eigenvalue weighted by Gasteiger charge is 2.26. The van der Waals surface area contributed by atoms with Crippen molar-refractivity contribution in [2.45, 2.75) is 38.2 Å². The quantitative estimate of drug-likeness (QED) is 0.0951. The highest BCUT2D eigenvalue weighted by molar-refractivity contribution is 7.85. The molecule has 4 aromatic carbocycles. The number of rotatable bonds is 14. The minimum absolute atomic E-state index is 0.0545. The molecule has 12 heteroatoms. The molecule has 0 heterocycles. The second-order valence-electron chi connectivity index (χ2n) is 11.2. The number of benzene rings is 4. The number of hydrogen-bond donors (Lipinski definition) is 0. The summed E-state index contributed by atoms with van der Waals surface area (Å²) in [5, 5.41) is -1.37. The maximum absolute atomic E-state index is 14.9. The Bertz CT molecular complexity index is 1850. The second-order valence-corrected chi connectivity index (χ2v) is 12.9. The van der Waals surface area contributed by atoms with Gasteiger partial charge in [-0.15, -0.1) is 0 Å². The number of carbonyl (C=O) groups excluding carboxylic acids is 4. The van der Waals surface area contributed by atoms with Crippen molar-refractivity contribution < 1.29 is 51.8 Å². The van der Waals surface area contributed by atoms with Crippen LogP contribution in [0.25, 0.3) is 12.2 Å². The molecule has 0 saturated carbocycles. The van der Waals surface area contributed by atoms with Crippen molar-refractivity contribution in [3.63, 3.8) is 0 Å². The first-order chi connectivity index (χ1) is 24.9. The zero-order valence-electron chi connectivity index (χ0n) is 29.4. The van der Waals surface area contributed by atoms with Crippen molar-refractivity contribution in [1.29, 1.82) is 0 Å². The Labute approximate surface area is 304 Å². The van der Waals surface area contributed by atoms with Crippen molar-refractivity contribution in [1.82, 2.24) is 0 Å². The molecule has 0 fully saturated rings. The van der Waals surface area contributed by atoms with Crippen LogP contribution in [0.15, 0.2) is 97.1 Å². The molecule has 0 aromatic heterocycles. The Morgan fingerprint density at radius 2 is 0.827 bits per heavy atom. The zero-order chi connectivity index (χ0) is 37.8. The first-order valence-corrected chi connectivity index (χ1v) is 17.2. The van der Waals surface area contributed by atoms with E-state index in [1.165, 1.54) is 39.8 Å². The summed E-state index contributed by atoms with van der Waals surface area (Å²) in [5.41, 5.74) is 2.62. The van der Waals surface area contributed by atoms with E-state index in [9.17, 15) is 23.4 Å². The third-order valence-corrected chi connectivity index (χ3v) is 9.13. The van der Waals surface area contributed by atoms with Crippen molar-refractivity contribution in [3.8, 4) is 34.5 Å². The fourth-order valence-corrected chi connectivity index (χ4v) is 6.63. The van der Waals surface area contributed by atoms with Gasteiger partial charge in [0, 0.05) is 38.5 Å². The summed E-state index contributed by atoms with van der Waals surface area (Å²) in [5.74, 6) is -0.829. The van der Waals surface area contributed by atoms with Gasteiger partial charge >= 0.3 is 23.9 Å². The van der Waals surface area contributed by atoms with Crippen LogP contribution in [0.5, 0.6) is 34.5 Å². The van der Waals surface area contributed by atoms with Crippen molar-refractivity contribution in [3.05, 3.63) is 119 Å². The molecule has 4 aromatic rings. The lowest BCUT2D eigenvalue weighted by Crippen LogP contribution is -2.12. The third-order valence-electron chi connectivity index (χ3n) is 7.27. The molecule has 52 heavy (non-hydrogen) atoms. The highest BCUT2D eigenvalue weighted by atomic mass is 32.2. The van der Waals surface area contributed by atoms with E-state index in [1.807, 2.05) is 24.3 Å². The molecular formula is C40H38O11S. The largest absolute Gasteiger partial charge is 0.497 e. The smallest absolute Gasteiger partial charge is 0.308 e. The van der Waals surface area contributed by atoms with Crippen molar-refractivity contribution in [2.75, 3.05) is 14.2 Å². The predicted molar refractivity (Wildman–Crippen MR) is 196 cm³/mol. The Balaban J connectivity index is 1.81. The molecule has 0 aliphatic rings. The molecule has 0 amide bonds. The lowest BCUT2D eigenvalue weighted by atomic mass is 10.1. The molecule has 0 N–H and O–H groups in total. The van der Waals surface area contributed by atoms with Crippen LogP contribution < -0.4 is 28.4 Å². The number of hydrogen-bond acceptors (Lipinski definition) is 11. The number of methoxy groups -OCH3 is 2. The summed E-state index contributed by atoms with van der Waals surface area (Å²) >= 11 is 0. The Kier molecular flexibility index (Phi) is 13.6. The summed E-state index contributed by atoms with van der Waals surface area (Å²) in [7, 11) is 1.43. The Morgan fingerprint density at radius 1 is 0.500 bits per heavy atom. The molecule has 4 rings (SSSR count). The van der Waals surface area contributed by atoms with E-state index < -0.39 is 45.2 Å². The SMILES string of the molecule is COc1ccc(C(/C=C/c2ccc(OC(C)=O)c(OC(C)=O)c2)S(=O)C(/C=C/c2ccc(OC(C)=O)c(OC(C)=O)c2)c2ccc(OC)cc2)cc1. The molecule has 2 unspecified atom stereocenters. The molecule has 0 bridgehead atoms. The van der Waals surface area contributed by atoms with Crippen LogP contribution >= 0.6 is 0 Å². The van der Waals surface area contributed by atoms with E-state index >= 15 is 0 Å². The van der Waals surface area contributed by atoms with Gasteiger partial charge in [-0.2, -0.15) is 0 Å². The molecular weight excluding hydrogens is 688 g/mol. The fourth-order valence-electron chi connectivity index (χ4n) is 4.99. The van der Waals surface area contributed by atoms with Crippen molar-refractivity contribution in [2.24, 2.45) is 0 Å². The average Bonchev–Trinajstić information content (AvgIpc) is 3.10. The van der Waals surface area contributed by atoms with Gasteiger partial charge in [-0.3, -0.25) is 23.4 Å². The van der Waals surface area contributed by atoms with Crippen LogP contribution in [0.1, 0.15) is 60.4 Å². The van der Waals surface area contributed by atoms with Gasteiger partial charge in [0.2, 0.25) is 0 Å². The first kappa shape index (κ1) is 38.8. The van der Waals surface area contributed by atoms with Gasteiger partial charge in [0.1, 0.15) is 11.5 Å². The van der Waals surface area contributed by atoms with E-state index in [4.69, 9.17) is 28.4 Å². The lowest BCUT2D eigenvalue weighted by molar-refractivity contribution is -0.134. The van der Waals surface area contributed by atoms with E-state index in [0.717, 1.165) is 11.1 Å². The van der Waals surface area contributed by atoms with Crippen LogP contribution in [0.4, 0.5) is 0 Å². The van der Waals surface area contributed by atoms with E-state index in [2.05, 4.69) is 0 Å². The average molecular weight is 727 g/mol. The van der Waals surface area contributed by atoms with Crippen LogP contribution in [-0.2, 0) is 30.0 Å². The van der Waals surface area contributed by atoms with Gasteiger partial charge in [-0.25, -0.2) is 0 Å². The third kappa shape index (κ3) is 11.0. The second kappa shape index (κ2) is 18.3. The first-order valence-electron chi connectivity index (χ1n) is 15.9. The van der Waals surface area contributed by atoms with Gasteiger partial charge < -0.3 is 28.4 Å². The van der Waals surface area contributed by atoms with E-state index in [0.29, 0.717) is 22.6 Å². The summed E-state index contributed by atoms with van der Waals surface area (Å²) < 4.78 is 46.6. The lowest BCUT2D eigenvalue weighted by Gasteiger charge is -2.21. The topological polar surface area (TPSA) is 141 Å². The fraction of sp³-hybridized carbons (Fsp3) is 0.200. The van der Waals surface area contributed by atoms with Gasteiger partial charge in [-0.1, -0.05) is 60.7 Å². The molecule has 0 saturated heterocycles. The standard InChI is InChI=1S/C40H38O11S/c1-25(41)48-35-19-7-29(23-37(35)50-27(3)43)9-21-39(31-11-15-33(46-5)16-12-31)52(45)40(32-13-17-34(47-6)18-14-32)22-10-30-8-20-36(49-26(2)42)38(24-30)51-28(4)44/h7-24,39-40H,1-6H3/b21-9+,22-10+. The Hall–Kier alpha value is -6.01. The maximum Gasteiger partial charge on any atom is 0.308 e. The summed E-state index contributed by atoms with van der Waals surface area (Å²) in [6.07, 6.45) is 7.05. The molecule has 0 spiro atoms. The maximum atomic E-state index is 14.9. The highest BCUT2D eigenvalue weighted by Crippen LogP contribution is 2.37. The van der Waals surface area contributed by atoms with Crippen LogP contribution in [0.2, 0.25) is 0 Å². The van der Waals surface area contributed by atoms with E-state index in [-0.39, 0.29) is 23.0 Å². The van der Waals surface area contributed by atoms with Gasteiger partial charge in [0.15, 0.2) is 23.0 Å². The minimum atomic E-state index is -1.68. The predicted octanol–water partition coefficient (Wildman–Crippen LogP) is 7.36. The number of esters is 4. The molecule has 0 radical (unpaired) electrons. The normalized spacial score (nSPS) is 12.8. The molecule has 11 nitrogen and oxygen atoms in total. The van der Waals surface area contributed by atoms with Crippen LogP contribution in [-0.4, -0.2) is 42.3 Å². The monoisotopic (exact) mass is 726 g/mol. The molecule has 270 valence electrons. The zero-order valence-corrected chi connectivity index (χ0v) is 30.3. The summed E-state index contributed by atoms with van der Waals surface area (Å²) in [6, 6.07) is 23.9. The van der Waals surface area contributed by atoms with Crippen LogP contribution in [0, 0.1) is 0 Å². The van der Waals surface area contributed by atoms with Crippen LogP contribution in [0.3, 0.4) is 0 Å². The van der Waals surface area contributed by atoms with Crippen molar-refractivity contribution >= 4 is 46.8 Å². The Morgan fingerprint density at radius 3 is 1.13 bits per heavy atom. The molecule has 0 aliphatic heterocycles. The number of carbonyl (C=O) groups is 4. The van der Waals surface area contributed by atoms with E-state index in [1.54, 1.807) is 87.1 Å². The summed E-state index contributed by atoms with van der Waals surface area (Å²) in [6.45, 7) is 4.96. The number of ether oxygens (including phenoxy) is 6. The summed E-state index contributed by atoms with van der Waals surface area (Å²) in [4.78, 5) is 46.9. The molecule has 0 aliphatic carbocycles. The molecule has 2 atom stereocenters. The minimum Gasteiger partial charge on any atom is -0.497 e.